The number of hydrogen-bond donors (Lipinski definition) is 3. The summed E-state index contributed by atoms with van der Waals surface area (Å²) in [6.07, 6.45) is -0.117. The minimum Gasteiger partial charge on any atom is -0.382 e. The molecule has 0 aliphatic carbocycles. The molecule has 3 N–H and O–H groups in total. The van der Waals surface area contributed by atoms with Gasteiger partial charge in [0.1, 0.15) is 17.7 Å². The maximum atomic E-state index is 13.4. The molecule has 0 unspecified atom stereocenters. The molecular weight excluding hydrogens is 401 g/mol. The summed E-state index contributed by atoms with van der Waals surface area (Å²) in [5, 5.41) is 32.8. The first kappa shape index (κ1) is 21.5. The normalized spacial score (nSPS) is 17.4. The molecular formula is C19H19F3N6O2. The summed E-state index contributed by atoms with van der Waals surface area (Å²) in [6.45, 7) is 3.19. The van der Waals surface area contributed by atoms with E-state index in [9.17, 15) is 23.4 Å². The predicted molar refractivity (Wildman–Crippen MR) is 102 cm³/mol. The van der Waals surface area contributed by atoms with E-state index in [1.165, 1.54) is 37.2 Å². The molecule has 0 amide bonds. The summed E-state index contributed by atoms with van der Waals surface area (Å²) < 4.78 is 40.2. The molecule has 1 aromatic carbocycles. The van der Waals surface area contributed by atoms with Crippen molar-refractivity contribution < 1.29 is 23.4 Å². The molecule has 1 aliphatic heterocycles. The Kier molecular flexibility index (Phi) is 5.40. The third kappa shape index (κ3) is 3.92. The third-order valence-corrected chi connectivity index (χ3v) is 4.85. The second-order valence-corrected chi connectivity index (χ2v) is 7.20. The largest absolute Gasteiger partial charge is 0.417 e. The van der Waals surface area contributed by atoms with Crippen LogP contribution in [-0.2, 0) is 6.18 Å². The minimum absolute atomic E-state index is 0.0399. The van der Waals surface area contributed by atoms with Crippen LogP contribution in [0.3, 0.4) is 0 Å². The Morgan fingerprint density at radius 2 is 1.87 bits per heavy atom. The van der Waals surface area contributed by atoms with Gasteiger partial charge in [-0.2, -0.15) is 18.4 Å². The fraction of sp³-hybridized carbons (Fsp3) is 0.368. The summed E-state index contributed by atoms with van der Waals surface area (Å²) in [5.74, 6) is -2.35. The molecule has 8 nitrogen and oxygen atoms in total. The van der Waals surface area contributed by atoms with Gasteiger partial charge < -0.3 is 20.4 Å². The quantitative estimate of drug-likeness (QED) is 0.636. The Morgan fingerprint density at radius 1 is 1.20 bits per heavy atom. The van der Waals surface area contributed by atoms with Crippen molar-refractivity contribution in [2.45, 2.75) is 37.9 Å². The van der Waals surface area contributed by atoms with Crippen LogP contribution in [0.25, 0.3) is 0 Å². The Morgan fingerprint density at radius 3 is 2.47 bits per heavy atom. The first-order valence-corrected chi connectivity index (χ1v) is 8.91. The Hall–Kier alpha value is -3.23. The molecule has 0 fully saturated rings. The van der Waals surface area contributed by atoms with Crippen LogP contribution in [0.1, 0.15) is 31.4 Å². The number of amidine groups is 1. The van der Waals surface area contributed by atoms with E-state index < -0.39 is 28.8 Å². The van der Waals surface area contributed by atoms with Gasteiger partial charge in [-0.15, -0.1) is 0 Å². The standard InChI is InChI=1S/C19H19F3N6O2/c1-17(2)19(29,30)27-16(5-6-26-13-9-24-11-25-10-13)28(17)14-4-3-12(8-23)15(7-14)18(20,21)22/h3-4,7,9-11,26,29-30H,5-6H2,1-2H3. The number of hydrogen-bond acceptors (Lipinski definition) is 8. The average Bonchev–Trinajstić information content (AvgIpc) is 2.85. The van der Waals surface area contributed by atoms with Crippen LogP contribution in [-0.4, -0.2) is 44.0 Å². The van der Waals surface area contributed by atoms with E-state index in [4.69, 9.17) is 5.26 Å². The lowest BCUT2D eigenvalue weighted by atomic mass is 9.97. The Labute approximate surface area is 170 Å². The van der Waals surface area contributed by atoms with E-state index in [0.717, 1.165) is 12.1 Å². The van der Waals surface area contributed by atoms with Crippen molar-refractivity contribution in [3.63, 3.8) is 0 Å². The Balaban J connectivity index is 1.94. The van der Waals surface area contributed by atoms with Gasteiger partial charge in [0.2, 0.25) is 0 Å². The van der Waals surface area contributed by atoms with Gasteiger partial charge in [-0.3, -0.25) is 0 Å². The van der Waals surface area contributed by atoms with Gasteiger partial charge in [0, 0.05) is 18.7 Å². The zero-order valence-corrected chi connectivity index (χ0v) is 16.1. The summed E-state index contributed by atoms with van der Waals surface area (Å²) in [5.41, 5.74) is -2.43. The van der Waals surface area contributed by atoms with E-state index in [2.05, 4.69) is 20.3 Å². The number of benzene rings is 1. The van der Waals surface area contributed by atoms with Gasteiger partial charge in [0.05, 0.1) is 35.3 Å². The van der Waals surface area contributed by atoms with Crippen LogP contribution < -0.4 is 10.2 Å². The third-order valence-electron chi connectivity index (χ3n) is 4.85. The zero-order chi connectivity index (χ0) is 22.2. The number of rotatable bonds is 5. The average molecular weight is 420 g/mol. The second kappa shape index (κ2) is 7.55. The highest BCUT2D eigenvalue weighted by Gasteiger charge is 2.54. The molecule has 158 valence electrons. The number of aliphatic hydroxyl groups is 2. The second-order valence-electron chi connectivity index (χ2n) is 7.20. The molecule has 2 heterocycles. The number of aliphatic imine (C=N–C) groups is 1. The van der Waals surface area contributed by atoms with Gasteiger partial charge in [-0.1, -0.05) is 0 Å². The summed E-state index contributed by atoms with van der Waals surface area (Å²) in [7, 11) is 0. The fourth-order valence-corrected chi connectivity index (χ4v) is 3.19. The first-order valence-electron chi connectivity index (χ1n) is 8.91. The highest BCUT2D eigenvalue weighted by Crippen LogP contribution is 2.41. The summed E-state index contributed by atoms with van der Waals surface area (Å²) in [4.78, 5) is 13.0. The molecule has 30 heavy (non-hydrogen) atoms. The highest BCUT2D eigenvalue weighted by molar-refractivity contribution is 6.01. The molecule has 0 saturated carbocycles. The van der Waals surface area contributed by atoms with Crippen molar-refractivity contribution in [1.29, 1.82) is 5.26 Å². The molecule has 0 atom stereocenters. The van der Waals surface area contributed by atoms with Gasteiger partial charge in [-0.25, -0.2) is 15.0 Å². The number of alkyl halides is 3. The smallest absolute Gasteiger partial charge is 0.382 e. The fourth-order valence-electron chi connectivity index (χ4n) is 3.19. The molecule has 1 aromatic heterocycles. The van der Waals surface area contributed by atoms with Gasteiger partial charge in [0.25, 0.3) is 5.91 Å². The van der Waals surface area contributed by atoms with Crippen LogP contribution in [0.5, 0.6) is 0 Å². The molecule has 1 aliphatic rings. The monoisotopic (exact) mass is 420 g/mol. The minimum atomic E-state index is -4.74. The van der Waals surface area contributed by atoms with Crippen LogP contribution in [0.4, 0.5) is 24.5 Å². The molecule has 0 bridgehead atoms. The van der Waals surface area contributed by atoms with Crippen molar-refractivity contribution >= 4 is 17.2 Å². The zero-order valence-electron chi connectivity index (χ0n) is 16.1. The van der Waals surface area contributed by atoms with E-state index in [-0.39, 0.29) is 24.5 Å². The SMILES string of the molecule is CC1(C)N(c2ccc(C#N)c(C(F)(F)F)c2)C(CCNc2cncnc2)=NC1(O)O. The molecule has 0 saturated heterocycles. The lowest BCUT2D eigenvalue weighted by molar-refractivity contribution is -0.185. The number of anilines is 2. The number of halogens is 3. The molecule has 2 aromatic rings. The van der Waals surface area contributed by atoms with Gasteiger partial charge in [-0.05, 0) is 32.0 Å². The first-order chi connectivity index (χ1) is 14.0. The lowest BCUT2D eigenvalue weighted by Crippen LogP contribution is -2.56. The topological polar surface area (TPSA) is 118 Å². The van der Waals surface area contributed by atoms with Crippen LogP contribution in [0, 0.1) is 11.3 Å². The molecule has 3 rings (SSSR count). The van der Waals surface area contributed by atoms with E-state index in [1.807, 2.05) is 0 Å². The summed E-state index contributed by atoms with van der Waals surface area (Å²) in [6, 6.07) is 4.73. The van der Waals surface area contributed by atoms with Gasteiger partial charge >= 0.3 is 6.18 Å². The van der Waals surface area contributed by atoms with Crippen molar-refractivity contribution in [2.75, 3.05) is 16.8 Å². The van der Waals surface area contributed by atoms with Crippen molar-refractivity contribution in [1.82, 2.24) is 9.97 Å². The number of nitrogens with zero attached hydrogens (tertiary/aromatic N) is 5. The van der Waals surface area contributed by atoms with Crippen molar-refractivity contribution in [3.05, 3.63) is 48.0 Å². The van der Waals surface area contributed by atoms with E-state index in [1.54, 1.807) is 12.4 Å². The van der Waals surface area contributed by atoms with Crippen molar-refractivity contribution in [3.8, 4) is 6.07 Å². The maximum Gasteiger partial charge on any atom is 0.417 e. The lowest BCUT2D eigenvalue weighted by Gasteiger charge is -2.39. The molecule has 11 heteroatoms. The maximum absolute atomic E-state index is 13.4. The predicted octanol–water partition coefficient (Wildman–Crippen LogP) is 2.50. The molecule has 0 spiro atoms. The molecule has 0 radical (unpaired) electrons. The highest BCUT2D eigenvalue weighted by atomic mass is 19.4. The van der Waals surface area contributed by atoms with Crippen LogP contribution in [0.15, 0.2) is 41.9 Å². The summed E-state index contributed by atoms with van der Waals surface area (Å²) >= 11 is 0. The van der Waals surface area contributed by atoms with Gasteiger partial charge in [0.15, 0.2) is 0 Å². The Bertz CT molecular complexity index is 1000. The van der Waals surface area contributed by atoms with Crippen LogP contribution in [0.2, 0.25) is 0 Å². The van der Waals surface area contributed by atoms with Crippen LogP contribution >= 0.6 is 0 Å². The van der Waals surface area contributed by atoms with Crippen molar-refractivity contribution in [2.24, 2.45) is 4.99 Å². The van der Waals surface area contributed by atoms with E-state index in [0.29, 0.717) is 5.69 Å². The number of nitrogens with one attached hydrogen (secondary N) is 1. The number of nitriles is 1. The number of aromatic nitrogens is 2. The van der Waals surface area contributed by atoms with E-state index >= 15 is 0 Å².